The third-order valence-corrected chi connectivity index (χ3v) is 4.43. The monoisotopic (exact) mass is 348 g/mol. The Morgan fingerprint density at radius 2 is 1.88 bits per heavy atom. The summed E-state index contributed by atoms with van der Waals surface area (Å²) in [6, 6.07) is 3.50. The average molecular weight is 348 g/mol. The quantitative estimate of drug-likeness (QED) is 0.819. The number of hydrogen-bond donors (Lipinski definition) is 1. The second kappa shape index (κ2) is 9.47. The fourth-order valence-electron chi connectivity index (χ4n) is 3.01. The van der Waals surface area contributed by atoms with Crippen LogP contribution in [0, 0.1) is 0 Å². The summed E-state index contributed by atoms with van der Waals surface area (Å²) in [4.78, 5) is 12.7. The number of fused-ring (bicyclic) bond motifs is 1. The smallest absolute Gasteiger partial charge is 0.342 e. The summed E-state index contributed by atoms with van der Waals surface area (Å²) < 4.78 is 16.3. The van der Waals surface area contributed by atoms with E-state index in [1.165, 1.54) is 7.11 Å². The molecule has 1 aromatic rings. The zero-order valence-corrected chi connectivity index (χ0v) is 15.3. The van der Waals surface area contributed by atoms with Gasteiger partial charge < -0.3 is 19.3 Å². The maximum absolute atomic E-state index is 12.7. The van der Waals surface area contributed by atoms with E-state index in [2.05, 4.69) is 0 Å². The third-order valence-electron chi connectivity index (χ3n) is 4.43. The lowest BCUT2D eigenvalue weighted by atomic mass is 10.0. The molecule has 1 aliphatic rings. The van der Waals surface area contributed by atoms with E-state index in [0.29, 0.717) is 22.6 Å². The van der Waals surface area contributed by atoms with Crippen molar-refractivity contribution < 1.29 is 24.1 Å². The molecule has 1 heterocycles. The Hall–Kier alpha value is -2.01. The van der Waals surface area contributed by atoms with E-state index in [-0.39, 0.29) is 12.2 Å². The third kappa shape index (κ3) is 5.49. The summed E-state index contributed by atoms with van der Waals surface area (Å²) in [5, 5.41) is 9.99. The van der Waals surface area contributed by atoms with Crippen molar-refractivity contribution >= 4 is 12.0 Å². The summed E-state index contributed by atoms with van der Waals surface area (Å²) >= 11 is 0. The number of cyclic esters (lactones) is 1. The molecule has 0 radical (unpaired) electrons. The Morgan fingerprint density at radius 1 is 1.12 bits per heavy atom. The summed E-state index contributed by atoms with van der Waals surface area (Å²) in [5.74, 6) is 0.667. The molecule has 2 rings (SSSR count). The van der Waals surface area contributed by atoms with Gasteiger partial charge >= 0.3 is 5.97 Å². The van der Waals surface area contributed by atoms with Gasteiger partial charge in [0.2, 0.25) is 0 Å². The minimum absolute atomic E-state index is 0.216. The number of ether oxygens (including phenoxy) is 3. The van der Waals surface area contributed by atoms with Crippen molar-refractivity contribution in [2.45, 2.75) is 57.7 Å². The first-order valence-corrected chi connectivity index (χ1v) is 8.86. The van der Waals surface area contributed by atoms with Gasteiger partial charge in [-0.05, 0) is 57.1 Å². The molecule has 0 saturated heterocycles. The lowest BCUT2D eigenvalue weighted by Crippen LogP contribution is -2.18. The lowest BCUT2D eigenvalue weighted by molar-refractivity contribution is 0.0307. The molecule has 0 aliphatic carbocycles. The van der Waals surface area contributed by atoms with Crippen LogP contribution in [0.25, 0.3) is 6.08 Å². The van der Waals surface area contributed by atoms with E-state index in [4.69, 9.17) is 14.2 Å². The first kappa shape index (κ1) is 19.3. The molecule has 1 N–H and O–H groups in total. The number of allylic oxidation sites excluding steroid dienone is 1. The highest BCUT2D eigenvalue weighted by atomic mass is 16.5. The van der Waals surface area contributed by atoms with E-state index in [9.17, 15) is 9.90 Å². The molecule has 0 aromatic heterocycles. The van der Waals surface area contributed by atoms with Gasteiger partial charge in [0.1, 0.15) is 17.1 Å². The van der Waals surface area contributed by atoms with Gasteiger partial charge in [-0.3, -0.25) is 0 Å². The molecule has 0 amide bonds. The van der Waals surface area contributed by atoms with Gasteiger partial charge in [-0.15, -0.1) is 0 Å². The standard InChI is InChI=1S/C20H28O5/c1-14-8-7-11-16(21)10-6-4-5-9-15-12-17(23-2)13-18(24-3)19(15)20(22)25-14/h5,9,12-14,16,21H,4,6-8,10-11H2,1-3H3/b9-5+/t14-,16?/m0/s1. The van der Waals surface area contributed by atoms with Crippen molar-refractivity contribution in [3.63, 3.8) is 0 Å². The van der Waals surface area contributed by atoms with Crippen molar-refractivity contribution in [3.05, 3.63) is 29.3 Å². The number of rotatable bonds is 2. The second-order valence-corrected chi connectivity index (χ2v) is 6.43. The minimum Gasteiger partial charge on any atom is -0.497 e. The van der Waals surface area contributed by atoms with Crippen molar-refractivity contribution in [1.82, 2.24) is 0 Å². The Kier molecular flexibility index (Phi) is 7.31. The predicted molar refractivity (Wildman–Crippen MR) is 97.2 cm³/mol. The van der Waals surface area contributed by atoms with Gasteiger partial charge in [0.15, 0.2) is 0 Å². The Bertz CT molecular complexity index is 608. The fraction of sp³-hybridized carbons (Fsp3) is 0.550. The van der Waals surface area contributed by atoms with Crippen molar-refractivity contribution in [3.8, 4) is 11.5 Å². The van der Waals surface area contributed by atoms with E-state index in [1.807, 2.05) is 19.1 Å². The van der Waals surface area contributed by atoms with Gasteiger partial charge in [0.05, 0.1) is 26.4 Å². The number of carbonyl (C=O) groups excluding carboxylic acids is 1. The molecule has 5 nitrogen and oxygen atoms in total. The van der Waals surface area contributed by atoms with Gasteiger partial charge in [-0.25, -0.2) is 4.79 Å². The van der Waals surface area contributed by atoms with E-state index in [1.54, 1.807) is 19.2 Å². The summed E-state index contributed by atoms with van der Waals surface area (Å²) in [5.41, 5.74) is 1.13. The van der Waals surface area contributed by atoms with Crippen LogP contribution in [0.4, 0.5) is 0 Å². The second-order valence-electron chi connectivity index (χ2n) is 6.43. The number of esters is 1. The first-order valence-electron chi connectivity index (χ1n) is 8.86. The maximum atomic E-state index is 12.7. The van der Waals surface area contributed by atoms with Crippen LogP contribution < -0.4 is 9.47 Å². The van der Waals surface area contributed by atoms with Gasteiger partial charge in [-0.2, -0.15) is 0 Å². The average Bonchev–Trinajstić information content (AvgIpc) is 2.59. The number of carbonyl (C=O) groups is 1. The van der Waals surface area contributed by atoms with E-state index >= 15 is 0 Å². The molecular weight excluding hydrogens is 320 g/mol. The topological polar surface area (TPSA) is 65.0 Å². The molecule has 5 heteroatoms. The zero-order chi connectivity index (χ0) is 18.2. The van der Waals surface area contributed by atoms with Crippen LogP contribution in [0.15, 0.2) is 18.2 Å². The zero-order valence-electron chi connectivity index (χ0n) is 15.3. The summed E-state index contributed by atoms with van der Waals surface area (Å²) in [6.07, 6.45) is 8.23. The van der Waals surface area contributed by atoms with Crippen LogP contribution in [-0.2, 0) is 4.74 Å². The molecule has 138 valence electrons. The maximum Gasteiger partial charge on any atom is 0.342 e. The molecule has 0 fully saturated rings. The number of benzene rings is 1. The molecular formula is C20H28O5. The van der Waals surface area contributed by atoms with Crippen LogP contribution >= 0.6 is 0 Å². The molecule has 25 heavy (non-hydrogen) atoms. The van der Waals surface area contributed by atoms with Crippen LogP contribution in [0.3, 0.4) is 0 Å². The van der Waals surface area contributed by atoms with Crippen LogP contribution in [0.5, 0.6) is 11.5 Å². The SMILES string of the molecule is COc1cc2c(c(OC)c1)C(=O)O[C@@H](C)CCCC(O)CCC/C=C/2. The normalized spacial score (nSPS) is 23.8. The number of aliphatic hydroxyl groups excluding tert-OH is 1. The minimum atomic E-state index is -0.399. The highest BCUT2D eigenvalue weighted by molar-refractivity contribution is 5.97. The molecule has 0 spiro atoms. The van der Waals surface area contributed by atoms with Crippen LogP contribution in [0.2, 0.25) is 0 Å². The summed E-state index contributed by atoms with van der Waals surface area (Å²) in [6.45, 7) is 1.88. The van der Waals surface area contributed by atoms with Crippen LogP contribution in [0.1, 0.15) is 61.4 Å². The predicted octanol–water partition coefficient (Wildman–Crippen LogP) is 3.98. The summed E-state index contributed by atoms with van der Waals surface area (Å²) in [7, 11) is 3.11. The van der Waals surface area contributed by atoms with Crippen LogP contribution in [-0.4, -0.2) is 37.5 Å². The Balaban J connectivity index is 2.38. The fourth-order valence-corrected chi connectivity index (χ4v) is 3.01. The molecule has 0 bridgehead atoms. The lowest BCUT2D eigenvalue weighted by Gasteiger charge is -2.18. The van der Waals surface area contributed by atoms with Gasteiger partial charge in [0, 0.05) is 6.07 Å². The van der Waals surface area contributed by atoms with Crippen molar-refractivity contribution in [2.75, 3.05) is 14.2 Å². The molecule has 2 atom stereocenters. The number of methoxy groups -OCH3 is 2. The van der Waals surface area contributed by atoms with Gasteiger partial charge in [0.25, 0.3) is 0 Å². The Morgan fingerprint density at radius 3 is 2.60 bits per heavy atom. The van der Waals surface area contributed by atoms with Gasteiger partial charge in [-0.1, -0.05) is 12.2 Å². The number of hydrogen-bond acceptors (Lipinski definition) is 5. The largest absolute Gasteiger partial charge is 0.497 e. The number of aliphatic hydroxyl groups is 1. The van der Waals surface area contributed by atoms with E-state index in [0.717, 1.165) is 38.5 Å². The van der Waals surface area contributed by atoms with Crippen molar-refractivity contribution in [2.24, 2.45) is 0 Å². The highest BCUT2D eigenvalue weighted by Crippen LogP contribution is 2.31. The molecule has 1 aromatic carbocycles. The first-order chi connectivity index (χ1) is 12.0. The Labute approximate surface area is 149 Å². The van der Waals surface area contributed by atoms with E-state index < -0.39 is 5.97 Å². The highest BCUT2D eigenvalue weighted by Gasteiger charge is 2.22. The van der Waals surface area contributed by atoms with Crippen molar-refractivity contribution in [1.29, 1.82) is 0 Å². The molecule has 0 saturated carbocycles. The molecule has 1 unspecified atom stereocenters. The molecule has 1 aliphatic heterocycles.